The zero-order valence-corrected chi connectivity index (χ0v) is 6.11. The van der Waals surface area contributed by atoms with Gasteiger partial charge in [0.05, 0.1) is 4.87 Å². The largest absolute Gasteiger partial charge is 0.299 e. The van der Waals surface area contributed by atoms with Gasteiger partial charge in [-0.3, -0.25) is 4.79 Å². The average molecular weight is 145 g/mol. The number of halogens is 1. The quantitative estimate of drug-likeness (QED) is 0.472. The normalized spacial score (nSPS) is 55.6. The first-order chi connectivity index (χ1) is 4.14. The summed E-state index contributed by atoms with van der Waals surface area (Å²) in [4.78, 5) is 10.8. The monoisotopic (exact) mass is 144 g/mol. The fourth-order valence-corrected chi connectivity index (χ4v) is 2.45. The zero-order chi connectivity index (χ0) is 6.65. The molecular formula is C7H9ClO. The molecule has 0 unspecified atom stereocenters. The second-order valence-electron chi connectivity index (χ2n) is 3.24. The van der Waals surface area contributed by atoms with E-state index in [4.69, 9.17) is 11.6 Å². The Hall–Kier alpha value is -0.0400. The molecule has 9 heavy (non-hydrogen) atoms. The maximum absolute atomic E-state index is 10.9. The minimum absolute atomic E-state index is 0.144. The zero-order valence-electron chi connectivity index (χ0n) is 5.36. The Morgan fingerprint density at radius 3 is 2.67 bits per heavy atom. The molecule has 3 atom stereocenters. The Bertz CT molecular complexity index is 174. The Morgan fingerprint density at radius 2 is 2.44 bits per heavy atom. The van der Waals surface area contributed by atoms with Crippen LogP contribution in [0.4, 0.5) is 0 Å². The fourth-order valence-electron chi connectivity index (χ4n) is 2.01. The number of carbonyl (C=O) groups is 1. The third-order valence-electron chi connectivity index (χ3n) is 2.67. The van der Waals surface area contributed by atoms with Crippen LogP contribution in [0.2, 0.25) is 0 Å². The Balaban J connectivity index is 2.23. The summed E-state index contributed by atoms with van der Waals surface area (Å²) in [6.45, 7) is 1.97. The number of fused-ring (bicyclic) bond motifs is 1. The summed E-state index contributed by atoms with van der Waals surface area (Å²) in [7, 11) is 0. The molecule has 2 aliphatic carbocycles. The number of Topliss-reactive ketones (excluding diaryl/α,β-unsaturated/α-hetero) is 1. The highest BCUT2D eigenvalue weighted by molar-refractivity contribution is 6.29. The van der Waals surface area contributed by atoms with Crippen LogP contribution >= 0.6 is 11.6 Å². The van der Waals surface area contributed by atoms with Gasteiger partial charge in [0.2, 0.25) is 0 Å². The second kappa shape index (κ2) is 1.34. The summed E-state index contributed by atoms with van der Waals surface area (Å²) in [6.07, 6.45) is 1.81. The maximum atomic E-state index is 10.9. The number of carbonyl (C=O) groups excluding carboxylic acids is 1. The van der Waals surface area contributed by atoms with Crippen molar-refractivity contribution >= 4 is 17.4 Å². The lowest BCUT2D eigenvalue weighted by atomic mass is 10.1. The molecule has 1 nitrogen and oxygen atoms in total. The van der Waals surface area contributed by atoms with E-state index in [1.165, 1.54) is 0 Å². The summed E-state index contributed by atoms with van der Waals surface area (Å²) in [5.74, 6) is 1.13. The van der Waals surface area contributed by atoms with Crippen LogP contribution in [-0.4, -0.2) is 10.7 Å². The molecule has 0 aliphatic heterocycles. The van der Waals surface area contributed by atoms with Gasteiger partial charge in [0.25, 0.3) is 0 Å². The molecule has 0 aromatic carbocycles. The van der Waals surface area contributed by atoms with E-state index in [-0.39, 0.29) is 10.8 Å². The van der Waals surface area contributed by atoms with Gasteiger partial charge >= 0.3 is 0 Å². The van der Waals surface area contributed by atoms with Gasteiger partial charge in [-0.05, 0) is 19.3 Å². The number of hydrogen-bond donors (Lipinski definition) is 0. The molecule has 0 radical (unpaired) electrons. The second-order valence-corrected chi connectivity index (χ2v) is 4.05. The van der Waals surface area contributed by atoms with Crippen LogP contribution < -0.4 is 0 Å². The van der Waals surface area contributed by atoms with Gasteiger partial charge in [-0.15, -0.1) is 11.6 Å². The minimum Gasteiger partial charge on any atom is -0.299 e. The van der Waals surface area contributed by atoms with E-state index in [1.807, 2.05) is 6.92 Å². The highest BCUT2D eigenvalue weighted by atomic mass is 35.5. The van der Waals surface area contributed by atoms with Crippen molar-refractivity contribution in [1.29, 1.82) is 0 Å². The third kappa shape index (κ3) is 0.536. The fraction of sp³-hybridized carbons (Fsp3) is 0.857. The van der Waals surface area contributed by atoms with Gasteiger partial charge in [-0.2, -0.15) is 0 Å². The van der Waals surface area contributed by atoms with Crippen molar-refractivity contribution < 1.29 is 4.79 Å². The molecule has 50 valence electrons. The van der Waals surface area contributed by atoms with Crippen LogP contribution in [0.3, 0.4) is 0 Å². The molecule has 2 saturated carbocycles. The van der Waals surface area contributed by atoms with Crippen LogP contribution in [0, 0.1) is 11.8 Å². The average Bonchev–Trinajstić information content (AvgIpc) is 2.19. The van der Waals surface area contributed by atoms with E-state index in [1.54, 1.807) is 0 Å². The molecule has 2 fully saturated rings. The van der Waals surface area contributed by atoms with Crippen molar-refractivity contribution in [3.8, 4) is 0 Å². The van der Waals surface area contributed by atoms with Gasteiger partial charge in [0, 0.05) is 12.3 Å². The molecule has 0 aromatic rings. The molecule has 0 amide bonds. The first-order valence-corrected chi connectivity index (χ1v) is 3.73. The summed E-state index contributed by atoms with van der Waals surface area (Å²) in [5, 5.41) is 0. The SMILES string of the molecule is C[C@]1(Cl)[C@@H]2CCC(=O)[C@H]21. The number of rotatable bonds is 0. The molecule has 0 bridgehead atoms. The number of hydrogen-bond acceptors (Lipinski definition) is 1. The van der Waals surface area contributed by atoms with E-state index in [2.05, 4.69) is 0 Å². The Labute approximate surface area is 59.4 Å². The summed E-state index contributed by atoms with van der Waals surface area (Å²) < 4.78 is 0. The lowest BCUT2D eigenvalue weighted by Gasteiger charge is -2.01. The number of alkyl halides is 1. The lowest BCUT2D eigenvalue weighted by molar-refractivity contribution is -0.119. The van der Waals surface area contributed by atoms with E-state index in [9.17, 15) is 4.79 Å². The van der Waals surface area contributed by atoms with Gasteiger partial charge < -0.3 is 0 Å². The first kappa shape index (κ1) is 5.72. The highest BCUT2D eigenvalue weighted by Crippen LogP contribution is 2.62. The molecule has 2 aliphatic rings. The van der Waals surface area contributed by atoms with Gasteiger partial charge in [-0.25, -0.2) is 0 Å². The molecule has 2 rings (SSSR count). The number of ketones is 1. The van der Waals surface area contributed by atoms with Crippen molar-refractivity contribution in [2.24, 2.45) is 11.8 Å². The van der Waals surface area contributed by atoms with E-state index >= 15 is 0 Å². The lowest BCUT2D eigenvalue weighted by Crippen LogP contribution is -2.07. The van der Waals surface area contributed by atoms with Crippen LogP contribution in [0.1, 0.15) is 19.8 Å². The standard InChI is InChI=1S/C7H9ClO/c1-7(8)4-2-3-5(9)6(4)7/h4,6H,2-3H2,1H3/t4-,6+,7+/m1/s1. The Kier molecular flexibility index (Phi) is 0.852. The summed E-state index contributed by atoms with van der Waals surface area (Å²) in [6, 6.07) is 0. The third-order valence-corrected chi connectivity index (χ3v) is 3.19. The molecule has 0 N–H and O–H groups in total. The first-order valence-electron chi connectivity index (χ1n) is 3.35. The van der Waals surface area contributed by atoms with E-state index < -0.39 is 0 Å². The van der Waals surface area contributed by atoms with Gasteiger partial charge in [0.1, 0.15) is 5.78 Å². The molecule has 0 heterocycles. The van der Waals surface area contributed by atoms with Crippen molar-refractivity contribution in [2.45, 2.75) is 24.6 Å². The summed E-state index contributed by atoms with van der Waals surface area (Å²) in [5.41, 5.74) is 0. The van der Waals surface area contributed by atoms with Crippen molar-refractivity contribution in [3.63, 3.8) is 0 Å². The molecule has 2 heteroatoms. The molecule has 0 spiro atoms. The van der Waals surface area contributed by atoms with Crippen LogP contribution in [-0.2, 0) is 4.79 Å². The van der Waals surface area contributed by atoms with E-state index in [0.29, 0.717) is 11.7 Å². The van der Waals surface area contributed by atoms with Crippen molar-refractivity contribution in [1.82, 2.24) is 0 Å². The summed E-state index contributed by atoms with van der Waals surface area (Å²) >= 11 is 5.98. The van der Waals surface area contributed by atoms with Crippen molar-refractivity contribution in [2.75, 3.05) is 0 Å². The molecule has 0 aromatic heterocycles. The predicted octanol–water partition coefficient (Wildman–Crippen LogP) is 1.59. The Morgan fingerprint density at radius 1 is 1.78 bits per heavy atom. The highest BCUT2D eigenvalue weighted by Gasteiger charge is 2.66. The van der Waals surface area contributed by atoms with Crippen LogP contribution in [0.5, 0.6) is 0 Å². The molecule has 0 saturated heterocycles. The van der Waals surface area contributed by atoms with Crippen LogP contribution in [0.25, 0.3) is 0 Å². The topological polar surface area (TPSA) is 17.1 Å². The minimum atomic E-state index is -0.144. The maximum Gasteiger partial charge on any atom is 0.138 e. The smallest absolute Gasteiger partial charge is 0.138 e. The van der Waals surface area contributed by atoms with Gasteiger partial charge in [-0.1, -0.05) is 0 Å². The van der Waals surface area contributed by atoms with Crippen molar-refractivity contribution in [3.05, 3.63) is 0 Å². The van der Waals surface area contributed by atoms with Crippen LogP contribution in [0.15, 0.2) is 0 Å². The van der Waals surface area contributed by atoms with E-state index in [0.717, 1.165) is 12.8 Å². The predicted molar refractivity (Wildman–Crippen MR) is 35.5 cm³/mol. The molecular weight excluding hydrogens is 136 g/mol. The van der Waals surface area contributed by atoms with Gasteiger partial charge in [0.15, 0.2) is 0 Å².